The number of nitrogens with one attached hydrogen (secondary N) is 1. The van der Waals surface area contributed by atoms with Crippen LogP contribution in [0.3, 0.4) is 0 Å². The quantitative estimate of drug-likeness (QED) is 0.727. The predicted octanol–water partition coefficient (Wildman–Crippen LogP) is 4.55. The molecular weight excluding hydrogens is 328 g/mol. The molecule has 3 aromatic rings. The van der Waals surface area contributed by atoms with Gasteiger partial charge in [-0.2, -0.15) is 4.98 Å². The van der Waals surface area contributed by atoms with Gasteiger partial charge in [-0.1, -0.05) is 24.4 Å². The molecule has 0 saturated heterocycles. The Morgan fingerprint density at radius 1 is 1.08 bits per heavy atom. The third-order valence-corrected chi connectivity index (χ3v) is 4.76. The second kappa shape index (κ2) is 7.56. The zero-order valence-corrected chi connectivity index (χ0v) is 14.8. The van der Waals surface area contributed by atoms with Crippen LogP contribution in [-0.2, 0) is 0 Å². The maximum Gasteiger partial charge on any atom is 0.261 e. The van der Waals surface area contributed by atoms with Crippen LogP contribution in [-0.4, -0.2) is 28.3 Å². The number of pyridine rings is 1. The van der Waals surface area contributed by atoms with E-state index in [1.165, 1.54) is 32.1 Å². The molecule has 0 atom stereocenters. The molecule has 2 heterocycles. The number of ether oxygens (including phenoxy) is 1. The fourth-order valence-corrected chi connectivity index (χ4v) is 3.32. The highest BCUT2D eigenvalue weighted by Crippen LogP contribution is 2.29. The molecule has 1 aliphatic carbocycles. The second-order valence-electron chi connectivity index (χ2n) is 6.53. The van der Waals surface area contributed by atoms with E-state index in [-0.39, 0.29) is 0 Å². The summed E-state index contributed by atoms with van der Waals surface area (Å²) >= 11 is 0. The largest absolute Gasteiger partial charge is 0.497 e. The Balaban J connectivity index is 1.58. The van der Waals surface area contributed by atoms with Gasteiger partial charge in [0.2, 0.25) is 5.82 Å². The maximum atomic E-state index is 5.52. The third kappa shape index (κ3) is 3.54. The summed E-state index contributed by atoms with van der Waals surface area (Å²) in [5, 5.41) is 7.68. The molecule has 0 amide bonds. The van der Waals surface area contributed by atoms with Crippen LogP contribution in [0.15, 0.2) is 47.1 Å². The van der Waals surface area contributed by atoms with Crippen molar-refractivity contribution in [3.05, 3.63) is 42.6 Å². The zero-order valence-electron chi connectivity index (χ0n) is 14.8. The van der Waals surface area contributed by atoms with Crippen molar-refractivity contribution in [2.45, 2.75) is 38.1 Å². The summed E-state index contributed by atoms with van der Waals surface area (Å²) in [6.07, 6.45) is 8.00. The van der Waals surface area contributed by atoms with Crippen LogP contribution in [0.2, 0.25) is 0 Å². The lowest BCUT2D eigenvalue weighted by Crippen LogP contribution is -2.23. The van der Waals surface area contributed by atoms with Crippen molar-refractivity contribution in [2.24, 2.45) is 0 Å². The number of rotatable bonds is 5. The van der Waals surface area contributed by atoms with Crippen LogP contribution in [0, 0.1) is 0 Å². The van der Waals surface area contributed by atoms with E-state index in [4.69, 9.17) is 9.26 Å². The van der Waals surface area contributed by atoms with E-state index in [1.807, 2.05) is 36.4 Å². The molecule has 6 heteroatoms. The summed E-state index contributed by atoms with van der Waals surface area (Å²) in [6.45, 7) is 0. The van der Waals surface area contributed by atoms with Gasteiger partial charge in [-0.25, -0.2) is 4.98 Å². The van der Waals surface area contributed by atoms with Crippen molar-refractivity contribution in [1.29, 1.82) is 0 Å². The average Bonchev–Trinajstić information content (AvgIpc) is 3.19. The molecule has 1 aliphatic rings. The standard InChI is InChI=1S/C20H22N4O2/c1-25-16-11-9-14(10-12-16)18-23-20(26-24-18)17-8-5-13-21-19(17)22-15-6-3-2-4-7-15/h5,8-13,15H,2-4,6-7H2,1H3,(H,21,22). The normalized spacial score (nSPS) is 15.0. The molecule has 6 nitrogen and oxygen atoms in total. The molecule has 4 rings (SSSR count). The Morgan fingerprint density at radius 3 is 2.65 bits per heavy atom. The predicted molar refractivity (Wildman–Crippen MR) is 100 cm³/mol. The molecular formula is C20H22N4O2. The van der Waals surface area contributed by atoms with Gasteiger partial charge in [0, 0.05) is 17.8 Å². The highest BCUT2D eigenvalue weighted by molar-refractivity contribution is 5.70. The molecule has 0 aliphatic heterocycles. The lowest BCUT2D eigenvalue weighted by atomic mass is 9.95. The van der Waals surface area contributed by atoms with Gasteiger partial charge in [-0.3, -0.25) is 0 Å². The van der Waals surface area contributed by atoms with Crippen LogP contribution >= 0.6 is 0 Å². The maximum absolute atomic E-state index is 5.52. The first kappa shape index (κ1) is 16.6. The van der Waals surface area contributed by atoms with E-state index in [2.05, 4.69) is 20.4 Å². The van der Waals surface area contributed by atoms with Gasteiger partial charge >= 0.3 is 0 Å². The third-order valence-electron chi connectivity index (χ3n) is 4.76. The molecule has 134 valence electrons. The zero-order chi connectivity index (χ0) is 17.8. The molecule has 0 unspecified atom stereocenters. The van der Waals surface area contributed by atoms with Crippen LogP contribution in [0.1, 0.15) is 32.1 Å². The first-order valence-corrected chi connectivity index (χ1v) is 9.03. The SMILES string of the molecule is COc1ccc(-c2noc(-c3cccnc3NC3CCCCC3)n2)cc1. The van der Waals surface area contributed by atoms with Crippen LogP contribution in [0.4, 0.5) is 5.82 Å². The Labute approximate surface area is 152 Å². The van der Waals surface area contributed by atoms with Gasteiger partial charge in [0.25, 0.3) is 5.89 Å². The first-order chi connectivity index (χ1) is 12.8. The molecule has 2 aromatic heterocycles. The molecule has 1 N–H and O–H groups in total. The van der Waals surface area contributed by atoms with Crippen molar-refractivity contribution in [2.75, 3.05) is 12.4 Å². The van der Waals surface area contributed by atoms with E-state index >= 15 is 0 Å². The topological polar surface area (TPSA) is 73.1 Å². The number of aromatic nitrogens is 3. The number of nitrogens with zero attached hydrogens (tertiary/aromatic N) is 3. The molecule has 0 radical (unpaired) electrons. The minimum atomic E-state index is 0.460. The van der Waals surface area contributed by atoms with Gasteiger partial charge in [-0.05, 0) is 49.2 Å². The second-order valence-corrected chi connectivity index (χ2v) is 6.53. The fourth-order valence-electron chi connectivity index (χ4n) is 3.32. The lowest BCUT2D eigenvalue weighted by Gasteiger charge is -2.23. The van der Waals surface area contributed by atoms with Gasteiger partial charge in [0.15, 0.2) is 0 Å². The van der Waals surface area contributed by atoms with Crippen LogP contribution < -0.4 is 10.1 Å². The Hall–Kier alpha value is -2.89. The number of anilines is 1. The van der Waals surface area contributed by atoms with Gasteiger partial charge in [0.05, 0.1) is 12.7 Å². The van der Waals surface area contributed by atoms with E-state index < -0.39 is 0 Å². The number of methoxy groups -OCH3 is 1. The van der Waals surface area contributed by atoms with Crippen molar-refractivity contribution >= 4 is 5.82 Å². The minimum absolute atomic E-state index is 0.460. The highest BCUT2D eigenvalue weighted by atomic mass is 16.5. The summed E-state index contributed by atoms with van der Waals surface area (Å²) in [5.41, 5.74) is 1.72. The first-order valence-electron chi connectivity index (χ1n) is 9.03. The van der Waals surface area contributed by atoms with Gasteiger partial charge < -0.3 is 14.6 Å². The Bertz CT molecular complexity index is 854. The molecule has 1 fully saturated rings. The molecule has 0 bridgehead atoms. The molecule has 1 saturated carbocycles. The summed E-state index contributed by atoms with van der Waals surface area (Å²) < 4.78 is 10.7. The van der Waals surface area contributed by atoms with Gasteiger partial charge in [-0.15, -0.1) is 0 Å². The van der Waals surface area contributed by atoms with E-state index in [9.17, 15) is 0 Å². The van der Waals surface area contributed by atoms with Crippen molar-refractivity contribution in [3.8, 4) is 28.6 Å². The summed E-state index contributed by atoms with van der Waals surface area (Å²) in [5.74, 6) is 2.63. The molecule has 1 aromatic carbocycles. The summed E-state index contributed by atoms with van der Waals surface area (Å²) in [4.78, 5) is 9.06. The smallest absolute Gasteiger partial charge is 0.261 e. The molecule has 26 heavy (non-hydrogen) atoms. The Kier molecular flexibility index (Phi) is 4.82. The number of hydrogen-bond donors (Lipinski definition) is 1. The van der Waals surface area contributed by atoms with E-state index in [1.54, 1.807) is 13.3 Å². The summed E-state index contributed by atoms with van der Waals surface area (Å²) in [6, 6.07) is 11.9. The van der Waals surface area contributed by atoms with E-state index in [0.29, 0.717) is 17.8 Å². The summed E-state index contributed by atoms with van der Waals surface area (Å²) in [7, 11) is 1.64. The molecule has 0 spiro atoms. The van der Waals surface area contributed by atoms with Crippen molar-refractivity contribution < 1.29 is 9.26 Å². The van der Waals surface area contributed by atoms with E-state index in [0.717, 1.165) is 22.7 Å². The fraction of sp³-hybridized carbons (Fsp3) is 0.350. The Morgan fingerprint density at radius 2 is 1.88 bits per heavy atom. The van der Waals surface area contributed by atoms with Crippen LogP contribution in [0.25, 0.3) is 22.8 Å². The number of benzene rings is 1. The number of hydrogen-bond acceptors (Lipinski definition) is 6. The minimum Gasteiger partial charge on any atom is -0.497 e. The monoisotopic (exact) mass is 350 g/mol. The van der Waals surface area contributed by atoms with Gasteiger partial charge in [0.1, 0.15) is 11.6 Å². The van der Waals surface area contributed by atoms with Crippen LogP contribution in [0.5, 0.6) is 5.75 Å². The highest BCUT2D eigenvalue weighted by Gasteiger charge is 2.19. The average molecular weight is 350 g/mol. The van der Waals surface area contributed by atoms with Crippen molar-refractivity contribution in [1.82, 2.24) is 15.1 Å². The lowest BCUT2D eigenvalue weighted by molar-refractivity contribution is 0.415. The van der Waals surface area contributed by atoms with Crippen molar-refractivity contribution in [3.63, 3.8) is 0 Å².